The number of halogens is 1. The number of rotatable bonds is 1. The highest BCUT2D eigenvalue weighted by Gasteiger charge is 2.23. The molecule has 0 bridgehead atoms. The fourth-order valence-electron chi connectivity index (χ4n) is 2.48. The molecule has 3 rings (SSSR count). The van der Waals surface area contributed by atoms with Gasteiger partial charge >= 0.3 is 0 Å². The summed E-state index contributed by atoms with van der Waals surface area (Å²) in [5, 5.41) is 5.21. The molecule has 0 amide bonds. The summed E-state index contributed by atoms with van der Waals surface area (Å²) in [6.07, 6.45) is 0.914. The lowest BCUT2D eigenvalue weighted by Gasteiger charge is -2.24. The number of fused-ring (bicyclic) bond motifs is 3. The first-order chi connectivity index (χ1) is 8.97. The molecule has 1 aliphatic rings. The average molecular weight is 385 g/mol. The van der Waals surface area contributed by atoms with Gasteiger partial charge in [0.2, 0.25) is 10.0 Å². The predicted molar refractivity (Wildman–Crippen MR) is 83.7 cm³/mol. The van der Waals surface area contributed by atoms with Gasteiger partial charge in [-0.2, -0.15) is 0 Å². The monoisotopic (exact) mass is 385 g/mol. The van der Waals surface area contributed by atoms with Crippen molar-refractivity contribution in [3.05, 3.63) is 53.6 Å². The van der Waals surface area contributed by atoms with Gasteiger partial charge in [0.1, 0.15) is 0 Å². The summed E-state index contributed by atoms with van der Waals surface area (Å²) >= 11 is 2.43. The highest BCUT2D eigenvalue weighted by atomic mass is 127. The second kappa shape index (κ2) is 4.57. The lowest BCUT2D eigenvalue weighted by Crippen LogP contribution is -2.13. The molecule has 2 N–H and O–H groups in total. The van der Waals surface area contributed by atoms with Gasteiger partial charge in [-0.15, -0.1) is 0 Å². The van der Waals surface area contributed by atoms with Crippen LogP contribution in [0.2, 0.25) is 0 Å². The molecule has 0 radical (unpaired) electrons. The fourth-order valence-corrected chi connectivity index (χ4v) is 4.04. The predicted octanol–water partition coefficient (Wildman–Crippen LogP) is 3.03. The van der Waals surface area contributed by atoms with Crippen molar-refractivity contribution in [2.75, 3.05) is 0 Å². The van der Waals surface area contributed by atoms with Crippen molar-refractivity contribution < 1.29 is 8.42 Å². The Morgan fingerprint density at radius 3 is 2.58 bits per heavy atom. The SMILES string of the molecule is NS(=O)(=O)c1ccc2c(c1)-c1ccccc1C(I)C2. The molecule has 0 aliphatic heterocycles. The Morgan fingerprint density at radius 2 is 1.84 bits per heavy atom. The van der Waals surface area contributed by atoms with Crippen molar-refractivity contribution in [3.63, 3.8) is 0 Å². The van der Waals surface area contributed by atoms with Crippen molar-refractivity contribution in [1.82, 2.24) is 0 Å². The topological polar surface area (TPSA) is 60.2 Å². The Balaban J connectivity index is 2.27. The van der Waals surface area contributed by atoms with Crippen molar-refractivity contribution in [1.29, 1.82) is 0 Å². The summed E-state index contributed by atoms with van der Waals surface area (Å²) in [7, 11) is -3.65. The van der Waals surface area contributed by atoms with E-state index in [9.17, 15) is 8.42 Å². The van der Waals surface area contributed by atoms with Gasteiger partial charge in [-0.3, -0.25) is 0 Å². The second-order valence-electron chi connectivity index (χ2n) is 4.62. The zero-order valence-corrected chi connectivity index (χ0v) is 13.0. The molecule has 1 unspecified atom stereocenters. The molecule has 2 aromatic rings. The lowest BCUT2D eigenvalue weighted by atomic mass is 9.86. The largest absolute Gasteiger partial charge is 0.238 e. The molecular weight excluding hydrogens is 373 g/mol. The molecule has 1 aliphatic carbocycles. The molecule has 3 nitrogen and oxygen atoms in total. The van der Waals surface area contributed by atoms with E-state index < -0.39 is 10.0 Å². The van der Waals surface area contributed by atoms with Crippen molar-refractivity contribution in [3.8, 4) is 11.1 Å². The number of nitrogens with two attached hydrogens (primary N) is 1. The maximum atomic E-state index is 11.5. The van der Waals surface area contributed by atoms with Gasteiger partial charge in [0, 0.05) is 3.92 Å². The van der Waals surface area contributed by atoms with Crippen molar-refractivity contribution >= 4 is 32.6 Å². The van der Waals surface area contributed by atoms with E-state index >= 15 is 0 Å². The average Bonchev–Trinajstić information content (AvgIpc) is 2.37. The van der Waals surface area contributed by atoms with Crippen LogP contribution in [0.5, 0.6) is 0 Å². The van der Waals surface area contributed by atoms with Gasteiger partial charge < -0.3 is 0 Å². The number of hydrogen-bond acceptors (Lipinski definition) is 2. The van der Waals surface area contributed by atoms with E-state index in [0.717, 1.165) is 17.5 Å². The van der Waals surface area contributed by atoms with Crippen LogP contribution >= 0.6 is 22.6 Å². The minimum Gasteiger partial charge on any atom is -0.225 e. The first-order valence-electron chi connectivity index (χ1n) is 5.86. The number of alkyl halides is 1. The highest BCUT2D eigenvalue weighted by Crippen LogP contribution is 2.43. The molecular formula is C14H12INO2S. The van der Waals surface area contributed by atoms with Gasteiger partial charge in [0.15, 0.2) is 0 Å². The van der Waals surface area contributed by atoms with Gasteiger partial charge in [-0.05, 0) is 40.8 Å². The van der Waals surface area contributed by atoms with Crippen molar-refractivity contribution in [2.24, 2.45) is 5.14 Å². The fraction of sp³-hybridized carbons (Fsp3) is 0.143. The maximum absolute atomic E-state index is 11.5. The van der Waals surface area contributed by atoms with E-state index in [-0.39, 0.29) is 4.90 Å². The molecule has 0 fully saturated rings. The zero-order chi connectivity index (χ0) is 13.6. The first kappa shape index (κ1) is 13.1. The van der Waals surface area contributed by atoms with E-state index in [2.05, 4.69) is 28.7 Å². The summed E-state index contributed by atoms with van der Waals surface area (Å²) in [4.78, 5) is 0.174. The van der Waals surface area contributed by atoms with Crippen LogP contribution in [0.4, 0.5) is 0 Å². The van der Waals surface area contributed by atoms with Crippen LogP contribution in [0.15, 0.2) is 47.4 Å². The van der Waals surface area contributed by atoms with Crippen LogP contribution in [0.3, 0.4) is 0 Å². The smallest absolute Gasteiger partial charge is 0.225 e. The summed E-state index contributed by atoms with van der Waals surface area (Å²) in [5.41, 5.74) is 4.51. The molecule has 0 saturated heterocycles. The summed E-state index contributed by atoms with van der Waals surface area (Å²) < 4.78 is 23.4. The Bertz CT molecular complexity index is 756. The minimum absolute atomic E-state index is 0.174. The molecule has 98 valence electrons. The van der Waals surface area contributed by atoms with Gasteiger partial charge in [0.05, 0.1) is 4.90 Å². The van der Waals surface area contributed by atoms with E-state index in [1.165, 1.54) is 11.1 Å². The van der Waals surface area contributed by atoms with Crippen LogP contribution in [-0.4, -0.2) is 8.42 Å². The van der Waals surface area contributed by atoms with Crippen LogP contribution in [-0.2, 0) is 16.4 Å². The molecule has 19 heavy (non-hydrogen) atoms. The normalized spacial score (nSPS) is 17.7. The molecule has 5 heteroatoms. The third-order valence-corrected chi connectivity index (χ3v) is 5.42. The van der Waals surface area contributed by atoms with Crippen LogP contribution < -0.4 is 5.14 Å². The Kier molecular flexibility index (Phi) is 3.15. The van der Waals surface area contributed by atoms with E-state index in [1.807, 2.05) is 24.3 Å². The van der Waals surface area contributed by atoms with E-state index in [4.69, 9.17) is 5.14 Å². The molecule has 1 atom stereocenters. The molecule has 0 saturated carbocycles. The number of hydrogen-bond donors (Lipinski definition) is 1. The highest BCUT2D eigenvalue weighted by molar-refractivity contribution is 14.1. The Labute approximate surface area is 126 Å². The summed E-state index contributed by atoms with van der Waals surface area (Å²) in [6, 6.07) is 13.3. The number of primary sulfonamides is 1. The molecule has 0 spiro atoms. The summed E-state index contributed by atoms with van der Waals surface area (Å²) in [5.74, 6) is 0. The standard InChI is InChI=1S/C14H12INO2S/c15-14-7-9-5-6-10(19(16,17)18)8-13(9)11-3-1-2-4-12(11)14/h1-6,8,14H,7H2,(H2,16,17,18). The molecule has 0 aromatic heterocycles. The van der Waals surface area contributed by atoms with Gasteiger partial charge in [-0.25, -0.2) is 13.6 Å². The maximum Gasteiger partial charge on any atom is 0.238 e. The zero-order valence-electron chi connectivity index (χ0n) is 10.0. The van der Waals surface area contributed by atoms with Gasteiger partial charge in [0.25, 0.3) is 0 Å². The Morgan fingerprint density at radius 1 is 1.11 bits per heavy atom. The van der Waals surface area contributed by atoms with Crippen LogP contribution in [0, 0.1) is 0 Å². The Hall–Kier alpha value is -0.920. The number of sulfonamides is 1. The van der Waals surface area contributed by atoms with Crippen LogP contribution in [0.25, 0.3) is 11.1 Å². The first-order valence-corrected chi connectivity index (χ1v) is 8.65. The second-order valence-corrected chi connectivity index (χ2v) is 7.69. The summed E-state index contributed by atoms with van der Waals surface area (Å²) in [6.45, 7) is 0. The third kappa shape index (κ3) is 2.30. The molecule has 2 aromatic carbocycles. The number of benzene rings is 2. The molecule has 0 heterocycles. The van der Waals surface area contributed by atoms with E-state index in [0.29, 0.717) is 3.92 Å². The minimum atomic E-state index is -3.65. The van der Waals surface area contributed by atoms with Gasteiger partial charge in [-0.1, -0.05) is 52.9 Å². The lowest BCUT2D eigenvalue weighted by molar-refractivity contribution is 0.598. The third-order valence-electron chi connectivity index (χ3n) is 3.40. The van der Waals surface area contributed by atoms with Crippen molar-refractivity contribution in [2.45, 2.75) is 15.2 Å². The quantitative estimate of drug-likeness (QED) is 0.606. The van der Waals surface area contributed by atoms with Crippen LogP contribution in [0.1, 0.15) is 15.1 Å². The van der Waals surface area contributed by atoms with E-state index in [1.54, 1.807) is 12.1 Å².